The van der Waals surface area contributed by atoms with Crippen molar-refractivity contribution in [2.24, 2.45) is 0 Å². The number of aromatic amines is 1. The molecule has 1 aliphatic rings. The predicted octanol–water partition coefficient (Wildman–Crippen LogP) is 3.64. The number of piperidine rings is 1. The predicted molar refractivity (Wildman–Crippen MR) is 101 cm³/mol. The number of anilines is 1. The Morgan fingerprint density at radius 1 is 1.17 bits per heavy atom. The van der Waals surface area contributed by atoms with Gasteiger partial charge in [-0.05, 0) is 49.6 Å². The maximum absolute atomic E-state index is 12.4. The van der Waals surface area contributed by atoms with Crippen LogP contribution in [0.15, 0.2) is 34.2 Å². The zero-order chi connectivity index (χ0) is 16.9. The average Bonchev–Trinajstić information content (AvgIpc) is 2.64. The van der Waals surface area contributed by atoms with E-state index in [1.165, 1.54) is 36.7 Å². The lowest BCUT2D eigenvalue weighted by atomic mass is 10.0. The normalized spacial score (nSPS) is 14.8. The molecule has 0 radical (unpaired) electrons. The van der Waals surface area contributed by atoms with Gasteiger partial charge in [0.15, 0.2) is 5.16 Å². The highest BCUT2D eigenvalue weighted by Crippen LogP contribution is 2.21. The first-order chi connectivity index (χ1) is 11.7. The number of hydrogen-bond acceptors (Lipinski definition) is 4. The number of nitrogens with one attached hydrogen (secondary N) is 1. The van der Waals surface area contributed by atoms with Crippen molar-refractivity contribution in [2.75, 3.05) is 24.2 Å². The molecule has 0 unspecified atom stereocenters. The summed E-state index contributed by atoms with van der Waals surface area (Å²) in [6, 6.07) is 8.66. The van der Waals surface area contributed by atoms with E-state index in [9.17, 15) is 4.79 Å². The Kier molecular flexibility index (Phi) is 5.61. The molecular formula is C19H25N3OS. The van der Waals surface area contributed by atoms with Gasteiger partial charge in [-0.25, -0.2) is 4.98 Å². The van der Waals surface area contributed by atoms with E-state index in [1.54, 1.807) is 0 Å². The molecule has 0 aliphatic carbocycles. The van der Waals surface area contributed by atoms with Crippen LogP contribution < -0.4 is 10.5 Å². The fourth-order valence-corrected chi connectivity index (χ4v) is 3.67. The summed E-state index contributed by atoms with van der Waals surface area (Å²) in [5.74, 6) is 0. The third-order valence-electron chi connectivity index (χ3n) is 4.65. The number of hydrogen-bond donors (Lipinski definition) is 1. The molecule has 1 saturated heterocycles. The lowest BCUT2D eigenvalue weighted by Gasteiger charge is -2.28. The Morgan fingerprint density at radius 3 is 2.50 bits per heavy atom. The smallest absolute Gasteiger partial charge is 0.255 e. The quantitative estimate of drug-likeness (QED) is 0.665. The van der Waals surface area contributed by atoms with Crippen LogP contribution in [-0.4, -0.2) is 29.3 Å². The van der Waals surface area contributed by atoms with Gasteiger partial charge in [-0.3, -0.25) is 4.79 Å². The molecule has 3 rings (SSSR count). The second-order valence-electron chi connectivity index (χ2n) is 6.24. The van der Waals surface area contributed by atoms with Crippen LogP contribution in [0, 0.1) is 0 Å². The molecule has 128 valence electrons. The molecule has 5 heteroatoms. The maximum atomic E-state index is 12.4. The van der Waals surface area contributed by atoms with Gasteiger partial charge >= 0.3 is 0 Å². The van der Waals surface area contributed by atoms with Crippen LogP contribution in [-0.2, 0) is 12.8 Å². The molecule has 0 amide bonds. The average molecular weight is 343 g/mol. The van der Waals surface area contributed by atoms with Gasteiger partial charge in [0.2, 0.25) is 0 Å². The second kappa shape index (κ2) is 7.88. The zero-order valence-electron chi connectivity index (χ0n) is 14.5. The highest BCUT2D eigenvalue weighted by molar-refractivity contribution is 7.98. The summed E-state index contributed by atoms with van der Waals surface area (Å²) in [4.78, 5) is 22.3. The van der Waals surface area contributed by atoms with E-state index in [0.29, 0.717) is 11.6 Å². The molecule has 0 atom stereocenters. The number of aryl methyl sites for hydroxylation is 1. The summed E-state index contributed by atoms with van der Waals surface area (Å²) < 4.78 is 0. The van der Waals surface area contributed by atoms with Crippen molar-refractivity contribution in [2.45, 2.75) is 44.2 Å². The standard InChI is InChI=1S/C19H25N3OS/c1-3-17-16(18(23)21-19(20-17)24-2)13-14-7-9-15(10-8-14)22-11-5-4-6-12-22/h7-10H,3-6,11-13H2,1-2H3,(H,20,21,23). The van der Waals surface area contributed by atoms with Crippen LogP contribution in [0.5, 0.6) is 0 Å². The molecule has 2 aromatic rings. The highest BCUT2D eigenvalue weighted by atomic mass is 32.2. The van der Waals surface area contributed by atoms with Crippen molar-refractivity contribution in [3.63, 3.8) is 0 Å². The first kappa shape index (κ1) is 17.1. The minimum Gasteiger partial charge on any atom is -0.372 e. The molecular weight excluding hydrogens is 318 g/mol. The number of nitrogens with zero attached hydrogens (tertiary/aromatic N) is 2. The molecule has 2 heterocycles. The lowest BCUT2D eigenvalue weighted by molar-refractivity contribution is 0.578. The van der Waals surface area contributed by atoms with Gasteiger partial charge in [0.05, 0.1) is 5.69 Å². The van der Waals surface area contributed by atoms with Crippen LogP contribution in [0.3, 0.4) is 0 Å². The van der Waals surface area contributed by atoms with Gasteiger partial charge in [-0.2, -0.15) is 0 Å². The molecule has 24 heavy (non-hydrogen) atoms. The number of H-pyrrole nitrogens is 1. The third kappa shape index (κ3) is 3.83. The van der Waals surface area contributed by atoms with E-state index in [0.717, 1.165) is 36.3 Å². The van der Waals surface area contributed by atoms with Gasteiger partial charge < -0.3 is 9.88 Å². The van der Waals surface area contributed by atoms with Crippen LogP contribution in [0.2, 0.25) is 0 Å². The van der Waals surface area contributed by atoms with Crippen LogP contribution >= 0.6 is 11.8 Å². The molecule has 1 N–H and O–H groups in total. The van der Waals surface area contributed by atoms with Crippen LogP contribution in [0.1, 0.15) is 43.0 Å². The summed E-state index contributed by atoms with van der Waals surface area (Å²) in [5, 5.41) is 0.695. The molecule has 0 bridgehead atoms. The summed E-state index contributed by atoms with van der Waals surface area (Å²) in [6.45, 7) is 4.35. The summed E-state index contributed by atoms with van der Waals surface area (Å²) in [7, 11) is 0. The van der Waals surface area contributed by atoms with E-state index in [-0.39, 0.29) is 5.56 Å². The van der Waals surface area contributed by atoms with Crippen molar-refractivity contribution in [1.82, 2.24) is 9.97 Å². The monoisotopic (exact) mass is 343 g/mol. The van der Waals surface area contributed by atoms with Crippen molar-refractivity contribution < 1.29 is 0 Å². The van der Waals surface area contributed by atoms with Crippen molar-refractivity contribution in [3.05, 3.63) is 51.4 Å². The van der Waals surface area contributed by atoms with Gasteiger partial charge in [-0.15, -0.1) is 0 Å². The Labute approximate surface area is 147 Å². The van der Waals surface area contributed by atoms with E-state index in [2.05, 4.69) is 46.1 Å². The number of benzene rings is 1. The Morgan fingerprint density at radius 2 is 1.88 bits per heavy atom. The number of rotatable bonds is 5. The van der Waals surface area contributed by atoms with Crippen molar-refractivity contribution in [1.29, 1.82) is 0 Å². The SMILES string of the molecule is CCc1nc(SC)[nH]c(=O)c1Cc1ccc(N2CCCCC2)cc1. The maximum Gasteiger partial charge on any atom is 0.255 e. The van der Waals surface area contributed by atoms with E-state index in [1.807, 2.05) is 6.26 Å². The minimum absolute atomic E-state index is 0.00805. The largest absolute Gasteiger partial charge is 0.372 e. The van der Waals surface area contributed by atoms with E-state index < -0.39 is 0 Å². The highest BCUT2D eigenvalue weighted by Gasteiger charge is 2.13. The molecule has 1 fully saturated rings. The second-order valence-corrected chi connectivity index (χ2v) is 7.04. The van der Waals surface area contributed by atoms with Gasteiger partial charge in [0.25, 0.3) is 5.56 Å². The Hall–Kier alpha value is -1.75. The zero-order valence-corrected chi connectivity index (χ0v) is 15.3. The van der Waals surface area contributed by atoms with Gasteiger partial charge in [-0.1, -0.05) is 30.8 Å². The van der Waals surface area contributed by atoms with E-state index >= 15 is 0 Å². The first-order valence-corrected chi connectivity index (χ1v) is 9.93. The van der Waals surface area contributed by atoms with Crippen molar-refractivity contribution in [3.8, 4) is 0 Å². The fourth-order valence-electron chi connectivity index (χ4n) is 3.27. The third-order valence-corrected chi connectivity index (χ3v) is 5.23. The molecule has 1 aromatic heterocycles. The lowest BCUT2D eigenvalue weighted by Crippen LogP contribution is -2.29. The van der Waals surface area contributed by atoms with Gasteiger partial charge in [0.1, 0.15) is 0 Å². The van der Waals surface area contributed by atoms with Crippen LogP contribution in [0.25, 0.3) is 0 Å². The summed E-state index contributed by atoms with van der Waals surface area (Å²) in [5.41, 5.74) is 4.14. The van der Waals surface area contributed by atoms with Gasteiger partial charge in [0, 0.05) is 30.8 Å². The molecule has 4 nitrogen and oxygen atoms in total. The minimum atomic E-state index is -0.00805. The Balaban J connectivity index is 1.80. The number of aromatic nitrogens is 2. The van der Waals surface area contributed by atoms with Crippen molar-refractivity contribution >= 4 is 17.4 Å². The molecule has 0 saturated carbocycles. The Bertz CT molecular complexity index is 733. The molecule has 0 spiro atoms. The van der Waals surface area contributed by atoms with Crippen LogP contribution in [0.4, 0.5) is 5.69 Å². The molecule has 1 aliphatic heterocycles. The first-order valence-electron chi connectivity index (χ1n) is 8.71. The summed E-state index contributed by atoms with van der Waals surface area (Å²) >= 11 is 1.47. The van der Waals surface area contributed by atoms with E-state index in [4.69, 9.17) is 0 Å². The molecule has 1 aromatic carbocycles. The fraction of sp³-hybridized carbons (Fsp3) is 0.474. The number of thioether (sulfide) groups is 1. The summed E-state index contributed by atoms with van der Waals surface area (Å²) in [6.07, 6.45) is 7.25. The topological polar surface area (TPSA) is 49.0 Å².